The maximum Gasteiger partial charge on any atom is 0.247 e. The Labute approximate surface area is 145 Å². The van der Waals surface area contributed by atoms with Crippen LogP contribution in [0.1, 0.15) is 5.56 Å². The predicted octanol–water partition coefficient (Wildman–Crippen LogP) is 1.46. The Kier molecular flexibility index (Phi) is 4.99. The first kappa shape index (κ1) is 16.7. The maximum absolute atomic E-state index is 12.4. The molecule has 6 nitrogen and oxygen atoms in total. The van der Waals surface area contributed by atoms with E-state index < -0.39 is 0 Å². The highest BCUT2D eigenvalue weighted by Crippen LogP contribution is 2.31. The topological polar surface area (TPSA) is 59.1 Å². The van der Waals surface area contributed by atoms with Crippen molar-refractivity contribution in [2.45, 2.75) is 6.04 Å². The van der Waals surface area contributed by atoms with Crippen molar-refractivity contribution in [1.82, 2.24) is 9.80 Å². The minimum atomic E-state index is -0.387. The van der Waals surface area contributed by atoms with Gasteiger partial charge in [0, 0.05) is 25.9 Å². The zero-order valence-electron chi connectivity index (χ0n) is 13.7. The summed E-state index contributed by atoms with van der Waals surface area (Å²) in [6.07, 6.45) is 3.24. The van der Waals surface area contributed by atoms with Crippen LogP contribution in [0.4, 0.5) is 0 Å². The number of thioether (sulfide) groups is 1. The molecule has 0 spiro atoms. The number of benzene rings is 1. The van der Waals surface area contributed by atoms with E-state index in [4.69, 9.17) is 9.47 Å². The number of hydrogen-bond donors (Lipinski definition) is 0. The summed E-state index contributed by atoms with van der Waals surface area (Å²) in [5.41, 5.74) is 0.856. The lowest BCUT2D eigenvalue weighted by molar-refractivity contribution is -0.139. The van der Waals surface area contributed by atoms with Gasteiger partial charge in [-0.2, -0.15) is 0 Å². The summed E-state index contributed by atoms with van der Waals surface area (Å²) in [7, 11) is 3.41. The van der Waals surface area contributed by atoms with E-state index in [1.54, 1.807) is 36.8 Å². The van der Waals surface area contributed by atoms with Crippen molar-refractivity contribution < 1.29 is 19.1 Å². The highest BCUT2D eigenvalue weighted by molar-refractivity contribution is 7.99. The van der Waals surface area contributed by atoms with Crippen LogP contribution in [0.2, 0.25) is 0 Å². The zero-order chi connectivity index (χ0) is 17.1. The van der Waals surface area contributed by atoms with Gasteiger partial charge in [-0.1, -0.05) is 6.07 Å². The zero-order valence-corrected chi connectivity index (χ0v) is 14.5. The van der Waals surface area contributed by atoms with Crippen molar-refractivity contribution in [1.29, 1.82) is 0 Å². The Balaban J connectivity index is 1.70. The molecule has 0 aliphatic carbocycles. The van der Waals surface area contributed by atoms with Crippen molar-refractivity contribution in [2.24, 2.45) is 0 Å². The van der Waals surface area contributed by atoms with Crippen molar-refractivity contribution in [3.63, 3.8) is 0 Å². The number of amides is 2. The molecule has 0 bridgehead atoms. The fraction of sp³-hybridized carbons (Fsp3) is 0.412. The van der Waals surface area contributed by atoms with Crippen LogP contribution < -0.4 is 9.47 Å². The monoisotopic (exact) mass is 348 g/mol. The molecule has 0 unspecified atom stereocenters. The van der Waals surface area contributed by atoms with Crippen LogP contribution in [0.15, 0.2) is 24.3 Å². The van der Waals surface area contributed by atoms with Crippen LogP contribution in [0.25, 0.3) is 6.08 Å². The molecule has 0 radical (unpaired) electrons. The number of nitrogens with zero attached hydrogens (tertiary/aromatic N) is 2. The standard InChI is InChI=1S/C17H20N2O4S/c1-18(2)17(21)13-10-24-11-19(13)16(20)6-4-12-3-5-14-15(9-12)23-8-7-22-14/h3-6,9,13H,7-8,10-11H2,1-2H3/b6-4+/t13-/m0/s1. The summed E-state index contributed by atoms with van der Waals surface area (Å²) in [5, 5.41) is 0. The van der Waals surface area contributed by atoms with Gasteiger partial charge in [0.1, 0.15) is 19.3 Å². The van der Waals surface area contributed by atoms with E-state index in [0.717, 1.165) is 11.3 Å². The average Bonchev–Trinajstić information content (AvgIpc) is 3.08. The van der Waals surface area contributed by atoms with E-state index in [-0.39, 0.29) is 17.9 Å². The second-order valence-electron chi connectivity index (χ2n) is 5.79. The van der Waals surface area contributed by atoms with Crippen molar-refractivity contribution >= 4 is 29.7 Å². The van der Waals surface area contributed by atoms with Gasteiger partial charge in [0.15, 0.2) is 11.5 Å². The number of hydrogen-bond acceptors (Lipinski definition) is 5. The minimum absolute atomic E-state index is 0.0407. The quantitative estimate of drug-likeness (QED) is 0.774. The molecule has 2 heterocycles. The molecule has 1 saturated heterocycles. The summed E-state index contributed by atoms with van der Waals surface area (Å²) in [4.78, 5) is 27.7. The number of likely N-dealkylation sites (N-methyl/N-ethyl adjacent to an activating group) is 1. The van der Waals surface area contributed by atoms with Gasteiger partial charge in [-0.15, -0.1) is 11.8 Å². The summed E-state index contributed by atoms with van der Waals surface area (Å²) in [6.45, 7) is 1.08. The Morgan fingerprint density at radius 1 is 1.25 bits per heavy atom. The van der Waals surface area contributed by atoms with Crippen LogP contribution in [0.3, 0.4) is 0 Å². The van der Waals surface area contributed by atoms with E-state index in [2.05, 4.69) is 0 Å². The molecule has 24 heavy (non-hydrogen) atoms. The first-order valence-electron chi connectivity index (χ1n) is 7.73. The van der Waals surface area contributed by atoms with Gasteiger partial charge < -0.3 is 19.3 Å². The molecule has 2 aliphatic rings. The number of carbonyl (C=O) groups is 2. The third kappa shape index (κ3) is 3.51. The fourth-order valence-electron chi connectivity index (χ4n) is 2.59. The number of fused-ring (bicyclic) bond motifs is 1. The van der Waals surface area contributed by atoms with Gasteiger partial charge in [-0.05, 0) is 23.8 Å². The van der Waals surface area contributed by atoms with Gasteiger partial charge >= 0.3 is 0 Å². The van der Waals surface area contributed by atoms with Gasteiger partial charge in [0.25, 0.3) is 0 Å². The molecule has 0 saturated carbocycles. The molecule has 2 aliphatic heterocycles. The molecule has 0 N–H and O–H groups in total. The summed E-state index contributed by atoms with van der Waals surface area (Å²) in [5.74, 6) is 2.39. The van der Waals surface area contributed by atoms with Crippen molar-refractivity contribution in [3.8, 4) is 11.5 Å². The molecule has 128 valence electrons. The van der Waals surface area contributed by atoms with Crippen LogP contribution in [0.5, 0.6) is 11.5 Å². The van der Waals surface area contributed by atoms with E-state index >= 15 is 0 Å². The molecule has 0 aromatic heterocycles. The Bertz CT molecular complexity index is 675. The number of rotatable bonds is 3. The van der Waals surface area contributed by atoms with Gasteiger partial charge in [-0.3, -0.25) is 9.59 Å². The second kappa shape index (κ2) is 7.17. The molecule has 1 aromatic carbocycles. The average molecular weight is 348 g/mol. The molecular formula is C17H20N2O4S. The normalized spacial score (nSPS) is 19.6. The SMILES string of the molecule is CN(C)C(=O)[C@@H]1CSCN1C(=O)/C=C/c1ccc2c(c1)OCCO2. The van der Waals surface area contributed by atoms with Crippen molar-refractivity contribution in [3.05, 3.63) is 29.8 Å². The molecule has 1 fully saturated rings. The lowest BCUT2D eigenvalue weighted by Crippen LogP contribution is -2.46. The van der Waals surface area contributed by atoms with Crippen LogP contribution in [-0.4, -0.2) is 66.6 Å². The molecule has 2 amide bonds. The minimum Gasteiger partial charge on any atom is -0.486 e. The largest absolute Gasteiger partial charge is 0.486 e. The summed E-state index contributed by atoms with van der Waals surface area (Å²) >= 11 is 1.59. The number of ether oxygens (including phenoxy) is 2. The highest BCUT2D eigenvalue weighted by atomic mass is 32.2. The van der Waals surface area contributed by atoms with Gasteiger partial charge in [0.05, 0.1) is 5.88 Å². The first-order chi connectivity index (χ1) is 11.6. The van der Waals surface area contributed by atoms with Crippen LogP contribution in [-0.2, 0) is 9.59 Å². The Morgan fingerprint density at radius 2 is 2.00 bits per heavy atom. The Hall–Kier alpha value is -2.15. The fourth-order valence-corrected chi connectivity index (χ4v) is 3.74. The first-order valence-corrected chi connectivity index (χ1v) is 8.89. The predicted molar refractivity (Wildman–Crippen MR) is 93.1 cm³/mol. The number of carbonyl (C=O) groups excluding carboxylic acids is 2. The van der Waals surface area contributed by atoms with Crippen LogP contribution >= 0.6 is 11.8 Å². The Morgan fingerprint density at radius 3 is 2.75 bits per heavy atom. The molecule has 1 atom stereocenters. The highest BCUT2D eigenvalue weighted by Gasteiger charge is 2.34. The van der Waals surface area contributed by atoms with Crippen molar-refractivity contribution in [2.75, 3.05) is 38.9 Å². The third-order valence-corrected chi connectivity index (χ3v) is 4.89. The molecular weight excluding hydrogens is 328 g/mol. The molecule has 7 heteroatoms. The van der Waals surface area contributed by atoms with E-state index in [1.807, 2.05) is 18.2 Å². The maximum atomic E-state index is 12.4. The van der Waals surface area contributed by atoms with E-state index in [9.17, 15) is 9.59 Å². The summed E-state index contributed by atoms with van der Waals surface area (Å²) in [6, 6.07) is 5.17. The van der Waals surface area contributed by atoms with Gasteiger partial charge in [0.2, 0.25) is 11.8 Å². The lowest BCUT2D eigenvalue weighted by atomic mass is 10.1. The van der Waals surface area contributed by atoms with Crippen LogP contribution in [0, 0.1) is 0 Å². The van der Waals surface area contributed by atoms with E-state index in [1.165, 1.54) is 11.0 Å². The lowest BCUT2D eigenvalue weighted by Gasteiger charge is -2.24. The second-order valence-corrected chi connectivity index (χ2v) is 6.79. The smallest absolute Gasteiger partial charge is 0.247 e. The van der Waals surface area contributed by atoms with Gasteiger partial charge in [-0.25, -0.2) is 0 Å². The van der Waals surface area contributed by atoms with E-state index in [0.29, 0.717) is 30.6 Å². The third-order valence-electron chi connectivity index (χ3n) is 3.88. The molecule has 3 rings (SSSR count). The summed E-state index contributed by atoms with van der Waals surface area (Å²) < 4.78 is 11.0. The molecule has 1 aromatic rings.